The molecule has 1 aliphatic heterocycles. The molecule has 98 valence electrons. The van der Waals surface area contributed by atoms with Crippen molar-refractivity contribution in [1.82, 2.24) is 10.2 Å². The fourth-order valence-corrected chi connectivity index (χ4v) is 1.82. The largest absolute Gasteiger partial charge is 0.394 e. The zero-order chi connectivity index (χ0) is 12.9. The van der Waals surface area contributed by atoms with E-state index in [4.69, 9.17) is 5.11 Å². The number of aliphatic hydroxyl groups excluding tert-OH is 1. The first-order valence-corrected chi connectivity index (χ1v) is 6.18. The van der Waals surface area contributed by atoms with E-state index in [0.717, 1.165) is 25.7 Å². The van der Waals surface area contributed by atoms with Crippen molar-refractivity contribution in [2.45, 2.75) is 45.1 Å². The maximum absolute atomic E-state index is 11.9. The highest BCUT2D eigenvalue weighted by molar-refractivity contribution is 6.35. The summed E-state index contributed by atoms with van der Waals surface area (Å²) in [7, 11) is 0. The standard InChI is InChI=1S/C12H22N2O3/c1-12(2,9-15)13-10(16)11(17)14-7-5-3-4-6-8-14/h15H,3-9H2,1-2H3,(H,13,16). The van der Waals surface area contributed by atoms with Crippen molar-refractivity contribution in [2.24, 2.45) is 0 Å². The number of likely N-dealkylation sites (tertiary alicyclic amines) is 1. The molecule has 1 rings (SSSR count). The van der Waals surface area contributed by atoms with Crippen LogP contribution in [0.3, 0.4) is 0 Å². The highest BCUT2D eigenvalue weighted by atomic mass is 16.3. The Bertz CT molecular complexity index is 281. The average molecular weight is 242 g/mol. The number of nitrogens with one attached hydrogen (secondary N) is 1. The van der Waals surface area contributed by atoms with Gasteiger partial charge in [-0.25, -0.2) is 0 Å². The number of hydrogen-bond acceptors (Lipinski definition) is 3. The van der Waals surface area contributed by atoms with Crippen molar-refractivity contribution in [1.29, 1.82) is 0 Å². The lowest BCUT2D eigenvalue weighted by molar-refractivity contribution is -0.146. The highest BCUT2D eigenvalue weighted by Gasteiger charge is 2.27. The number of carbonyl (C=O) groups excluding carboxylic acids is 2. The molecule has 0 unspecified atom stereocenters. The Morgan fingerprint density at radius 1 is 1.18 bits per heavy atom. The lowest BCUT2D eigenvalue weighted by atomic mass is 10.1. The van der Waals surface area contributed by atoms with Gasteiger partial charge >= 0.3 is 11.8 Å². The van der Waals surface area contributed by atoms with Crippen LogP contribution in [-0.2, 0) is 9.59 Å². The first-order valence-electron chi connectivity index (χ1n) is 6.18. The monoisotopic (exact) mass is 242 g/mol. The van der Waals surface area contributed by atoms with Gasteiger partial charge in [0.2, 0.25) is 0 Å². The molecule has 0 atom stereocenters. The van der Waals surface area contributed by atoms with Crippen LogP contribution < -0.4 is 5.32 Å². The summed E-state index contributed by atoms with van der Waals surface area (Å²) in [4.78, 5) is 25.2. The normalized spacial score (nSPS) is 17.5. The van der Waals surface area contributed by atoms with E-state index in [-0.39, 0.29) is 6.61 Å². The van der Waals surface area contributed by atoms with Crippen LogP contribution in [0.5, 0.6) is 0 Å². The average Bonchev–Trinajstić information content (AvgIpc) is 2.56. The first kappa shape index (κ1) is 14.0. The molecule has 0 aliphatic carbocycles. The molecule has 5 heteroatoms. The fraction of sp³-hybridized carbons (Fsp3) is 0.833. The minimum Gasteiger partial charge on any atom is -0.394 e. The van der Waals surface area contributed by atoms with Crippen LogP contribution in [0.25, 0.3) is 0 Å². The Morgan fingerprint density at radius 2 is 1.71 bits per heavy atom. The minimum absolute atomic E-state index is 0.188. The van der Waals surface area contributed by atoms with Gasteiger partial charge in [0.15, 0.2) is 0 Å². The first-order chi connectivity index (χ1) is 7.96. The molecule has 0 aromatic rings. The second-order valence-corrected chi connectivity index (χ2v) is 5.20. The van der Waals surface area contributed by atoms with Gasteiger partial charge in [-0.2, -0.15) is 0 Å². The molecule has 2 amide bonds. The lowest BCUT2D eigenvalue weighted by Gasteiger charge is -2.25. The van der Waals surface area contributed by atoms with Crippen LogP contribution in [0.15, 0.2) is 0 Å². The van der Waals surface area contributed by atoms with Crippen molar-refractivity contribution in [3.63, 3.8) is 0 Å². The molecule has 0 aromatic carbocycles. The Balaban J connectivity index is 2.53. The van der Waals surface area contributed by atoms with E-state index in [2.05, 4.69) is 5.32 Å². The third kappa shape index (κ3) is 4.34. The Kier molecular flexibility index (Phi) is 4.93. The summed E-state index contributed by atoms with van der Waals surface area (Å²) in [5.41, 5.74) is -0.751. The molecule has 0 radical (unpaired) electrons. The van der Waals surface area contributed by atoms with E-state index in [1.165, 1.54) is 0 Å². The Labute approximate surface area is 102 Å². The predicted octanol–water partition coefficient (Wildman–Crippen LogP) is 0.276. The second-order valence-electron chi connectivity index (χ2n) is 5.20. The van der Waals surface area contributed by atoms with Crippen molar-refractivity contribution in [2.75, 3.05) is 19.7 Å². The van der Waals surface area contributed by atoms with Gasteiger partial charge in [-0.05, 0) is 26.7 Å². The number of nitrogens with zero attached hydrogens (tertiary/aromatic N) is 1. The molecule has 0 aromatic heterocycles. The molecular weight excluding hydrogens is 220 g/mol. The van der Waals surface area contributed by atoms with Gasteiger partial charge in [-0.3, -0.25) is 9.59 Å². The van der Waals surface area contributed by atoms with E-state index < -0.39 is 17.4 Å². The van der Waals surface area contributed by atoms with E-state index in [1.807, 2.05) is 0 Å². The maximum atomic E-state index is 11.9. The van der Waals surface area contributed by atoms with Gasteiger partial charge in [-0.1, -0.05) is 12.8 Å². The molecule has 0 spiro atoms. The zero-order valence-electron chi connectivity index (χ0n) is 10.7. The fourth-order valence-electron chi connectivity index (χ4n) is 1.82. The van der Waals surface area contributed by atoms with E-state index >= 15 is 0 Å². The number of amides is 2. The summed E-state index contributed by atoms with van der Waals surface area (Å²) in [5, 5.41) is 11.6. The van der Waals surface area contributed by atoms with Crippen LogP contribution in [0.1, 0.15) is 39.5 Å². The Morgan fingerprint density at radius 3 is 2.18 bits per heavy atom. The summed E-state index contributed by atoms with van der Waals surface area (Å²) in [6.45, 7) is 4.49. The van der Waals surface area contributed by atoms with Crippen LogP contribution in [0, 0.1) is 0 Å². The van der Waals surface area contributed by atoms with Crippen molar-refractivity contribution < 1.29 is 14.7 Å². The summed E-state index contributed by atoms with van der Waals surface area (Å²) in [6.07, 6.45) is 4.16. The van der Waals surface area contributed by atoms with Crippen molar-refractivity contribution in [3.05, 3.63) is 0 Å². The van der Waals surface area contributed by atoms with E-state index in [0.29, 0.717) is 13.1 Å². The molecule has 1 heterocycles. The van der Waals surface area contributed by atoms with E-state index in [9.17, 15) is 9.59 Å². The van der Waals surface area contributed by atoms with Gasteiger partial charge in [0.1, 0.15) is 0 Å². The van der Waals surface area contributed by atoms with Gasteiger partial charge in [0.05, 0.1) is 12.1 Å². The third-order valence-corrected chi connectivity index (χ3v) is 2.93. The summed E-state index contributed by atoms with van der Waals surface area (Å²) < 4.78 is 0. The molecule has 1 fully saturated rings. The number of aliphatic hydroxyl groups is 1. The molecule has 1 saturated heterocycles. The summed E-state index contributed by atoms with van der Waals surface area (Å²) in [6, 6.07) is 0. The quantitative estimate of drug-likeness (QED) is 0.683. The molecule has 5 nitrogen and oxygen atoms in total. The highest BCUT2D eigenvalue weighted by Crippen LogP contribution is 2.10. The number of hydrogen-bond donors (Lipinski definition) is 2. The van der Waals surface area contributed by atoms with Crippen LogP contribution in [0.4, 0.5) is 0 Å². The number of rotatable bonds is 2. The van der Waals surface area contributed by atoms with Gasteiger partial charge in [-0.15, -0.1) is 0 Å². The third-order valence-electron chi connectivity index (χ3n) is 2.93. The van der Waals surface area contributed by atoms with Crippen LogP contribution in [-0.4, -0.2) is 47.1 Å². The van der Waals surface area contributed by atoms with Crippen molar-refractivity contribution >= 4 is 11.8 Å². The molecule has 2 N–H and O–H groups in total. The molecule has 1 aliphatic rings. The Hall–Kier alpha value is -1.10. The van der Waals surface area contributed by atoms with Crippen LogP contribution >= 0.6 is 0 Å². The maximum Gasteiger partial charge on any atom is 0.311 e. The second kappa shape index (κ2) is 6.00. The summed E-state index contributed by atoms with van der Waals surface area (Å²) >= 11 is 0. The van der Waals surface area contributed by atoms with E-state index in [1.54, 1.807) is 18.7 Å². The zero-order valence-corrected chi connectivity index (χ0v) is 10.7. The van der Waals surface area contributed by atoms with Crippen molar-refractivity contribution in [3.8, 4) is 0 Å². The molecule has 17 heavy (non-hydrogen) atoms. The van der Waals surface area contributed by atoms with Gasteiger partial charge in [0.25, 0.3) is 0 Å². The smallest absolute Gasteiger partial charge is 0.311 e. The van der Waals surface area contributed by atoms with Crippen LogP contribution in [0.2, 0.25) is 0 Å². The lowest BCUT2D eigenvalue weighted by Crippen LogP contribution is -2.52. The van der Waals surface area contributed by atoms with Gasteiger partial charge in [0, 0.05) is 13.1 Å². The molecule has 0 saturated carbocycles. The van der Waals surface area contributed by atoms with Gasteiger partial charge < -0.3 is 15.3 Å². The predicted molar refractivity (Wildman–Crippen MR) is 64.4 cm³/mol. The minimum atomic E-state index is -0.751. The molecule has 0 bridgehead atoms. The number of carbonyl (C=O) groups is 2. The SMILES string of the molecule is CC(C)(CO)NC(=O)C(=O)N1CCCCCC1. The summed E-state index contributed by atoms with van der Waals surface area (Å²) in [5.74, 6) is -1.10. The molecular formula is C12H22N2O3. The topological polar surface area (TPSA) is 69.6 Å².